The molecule has 0 spiro atoms. The van der Waals surface area contributed by atoms with Gasteiger partial charge >= 0.3 is 0 Å². The van der Waals surface area contributed by atoms with Gasteiger partial charge in [0.15, 0.2) is 0 Å². The van der Waals surface area contributed by atoms with Crippen molar-refractivity contribution in [2.45, 2.75) is 13.0 Å². The molecule has 0 aliphatic heterocycles. The highest BCUT2D eigenvalue weighted by atomic mass is 15.0. The van der Waals surface area contributed by atoms with E-state index in [1.54, 1.807) is 6.20 Å². The molecule has 3 aromatic rings. The summed E-state index contributed by atoms with van der Waals surface area (Å²) in [4.78, 5) is 8.43. The summed E-state index contributed by atoms with van der Waals surface area (Å²) in [5.74, 6) is 0. The van der Waals surface area contributed by atoms with Crippen LogP contribution in [0.1, 0.15) is 11.1 Å². The van der Waals surface area contributed by atoms with Crippen molar-refractivity contribution >= 4 is 0 Å². The number of hydrogen-bond donors (Lipinski definition) is 1. The minimum atomic E-state index is 0.687. The third-order valence-corrected chi connectivity index (χ3v) is 3.48. The van der Waals surface area contributed by atoms with Crippen molar-refractivity contribution in [2.75, 3.05) is 6.54 Å². The Morgan fingerprint density at radius 1 is 0.952 bits per heavy atom. The second-order valence-corrected chi connectivity index (χ2v) is 5.00. The number of nitrogens with zero attached hydrogens (tertiary/aromatic N) is 3. The van der Waals surface area contributed by atoms with Gasteiger partial charge in [-0.1, -0.05) is 24.3 Å². The number of rotatable bonds is 5. The van der Waals surface area contributed by atoms with E-state index in [2.05, 4.69) is 38.8 Å². The van der Waals surface area contributed by atoms with Crippen molar-refractivity contribution in [1.29, 1.82) is 0 Å². The molecule has 1 aromatic carbocycles. The van der Waals surface area contributed by atoms with Gasteiger partial charge in [-0.15, -0.1) is 0 Å². The molecule has 106 valence electrons. The molecule has 4 nitrogen and oxygen atoms in total. The molecule has 4 heteroatoms. The van der Waals surface area contributed by atoms with Crippen LogP contribution >= 0.6 is 0 Å². The fraction of sp³-hybridized carbons (Fsp3) is 0.176. The minimum absolute atomic E-state index is 0.687. The molecule has 0 unspecified atom stereocenters. The van der Waals surface area contributed by atoms with Gasteiger partial charge in [0.2, 0.25) is 0 Å². The molecule has 0 aliphatic carbocycles. The first-order valence-corrected chi connectivity index (χ1v) is 7.05. The number of pyridine rings is 1. The average molecular weight is 278 g/mol. The number of aromatic nitrogens is 3. The summed E-state index contributed by atoms with van der Waals surface area (Å²) < 4.78 is 2.13. The smallest absolute Gasteiger partial charge is 0.0954 e. The Kier molecular flexibility index (Phi) is 4.07. The number of benzene rings is 1. The Hall–Kier alpha value is -2.46. The van der Waals surface area contributed by atoms with Crippen LogP contribution in [0.2, 0.25) is 0 Å². The van der Waals surface area contributed by atoms with E-state index in [0.717, 1.165) is 24.2 Å². The molecular weight excluding hydrogens is 260 g/mol. The SMILES string of the molecule is NCCc1ccc(Cn2cncc2-c2cccnc2)cc1. The zero-order chi connectivity index (χ0) is 14.5. The summed E-state index contributed by atoms with van der Waals surface area (Å²) in [6, 6.07) is 12.6. The second kappa shape index (κ2) is 6.33. The summed E-state index contributed by atoms with van der Waals surface area (Å²) in [5, 5.41) is 0. The molecule has 21 heavy (non-hydrogen) atoms. The summed E-state index contributed by atoms with van der Waals surface area (Å²) in [7, 11) is 0. The van der Waals surface area contributed by atoms with Crippen LogP contribution in [0.3, 0.4) is 0 Å². The molecular formula is C17H18N4. The Morgan fingerprint density at radius 2 is 1.76 bits per heavy atom. The molecule has 3 rings (SSSR count). The van der Waals surface area contributed by atoms with Gasteiger partial charge in [0.1, 0.15) is 0 Å². The number of imidazole rings is 1. The van der Waals surface area contributed by atoms with Gasteiger partial charge in [-0.05, 0) is 36.2 Å². The Bertz CT molecular complexity index is 686. The van der Waals surface area contributed by atoms with E-state index in [4.69, 9.17) is 5.73 Å². The van der Waals surface area contributed by atoms with Crippen molar-refractivity contribution < 1.29 is 0 Å². The molecule has 2 aromatic heterocycles. The third-order valence-electron chi connectivity index (χ3n) is 3.48. The van der Waals surface area contributed by atoms with E-state index in [0.29, 0.717) is 6.54 Å². The van der Waals surface area contributed by atoms with Crippen LogP contribution in [-0.4, -0.2) is 21.1 Å². The third kappa shape index (κ3) is 3.17. The quantitative estimate of drug-likeness (QED) is 0.780. The van der Waals surface area contributed by atoms with Crippen LogP contribution in [-0.2, 0) is 13.0 Å². The standard InChI is InChI=1S/C17H18N4/c18-8-7-14-3-5-15(6-4-14)12-21-13-20-11-17(21)16-2-1-9-19-10-16/h1-6,9-11,13H,7-8,12,18H2. The first-order valence-electron chi connectivity index (χ1n) is 7.05. The van der Waals surface area contributed by atoms with Crippen molar-refractivity contribution in [3.63, 3.8) is 0 Å². The molecule has 0 amide bonds. The van der Waals surface area contributed by atoms with E-state index < -0.39 is 0 Å². The molecule has 0 saturated carbocycles. The first kappa shape index (κ1) is 13.5. The van der Waals surface area contributed by atoms with Gasteiger partial charge in [-0.25, -0.2) is 4.98 Å². The first-order chi connectivity index (χ1) is 10.4. The van der Waals surface area contributed by atoms with Gasteiger partial charge in [-0.3, -0.25) is 4.98 Å². The summed E-state index contributed by atoms with van der Waals surface area (Å²) in [5.41, 5.74) is 10.3. The normalized spacial score (nSPS) is 10.7. The van der Waals surface area contributed by atoms with Gasteiger partial charge < -0.3 is 10.3 Å². The lowest BCUT2D eigenvalue weighted by Crippen LogP contribution is -2.03. The maximum Gasteiger partial charge on any atom is 0.0954 e. The van der Waals surface area contributed by atoms with Gasteiger partial charge in [-0.2, -0.15) is 0 Å². The van der Waals surface area contributed by atoms with Gasteiger partial charge in [0.25, 0.3) is 0 Å². The predicted molar refractivity (Wildman–Crippen MR) is 83.8 cm³/mol. The highest BCUT2D eigenvalue weighted by Crippen LogP contribution is 2.18. The molecule has 0 saturated heterocycles. The van der Waals surface area contributed by atoms with E-state index in [1.165, 1.54) is 11.1 Å². The van der Waals surface area contributed by atoms with Crippen LogP contribution in [0.15, 0.2) is 61.3 Å². The molecule has 0 bridgehead atoms. The Morgan fingerprint density at radius 3 is 2.48 bits per heavy atom. The molecule has 0 atom stereocenters. The summed E-state index contributed by atoms with van der Waals surface area (Å²) >= 11 is 0. The van der Waals surface area contributed by atoms with Crippen molar-refractivity contribution in [1.82, 2.24) is 14.5 Å². The molecule has 0 radical (unpaired) electrons. The number of hydrogen-bond acceptors (Lipinski definition) is 3. The average Bonchev–Trinajstić information content (AvgIpc) is 2.98. The van der Waals surface area contributed by atoms with Gasteiger partial charge in [0, 0.05) is 24.5 Å². The lowest BCUT2D eigenvalue weighted by molar-refractivity contribution is 0.803. The fourth-order valence-electron chi connectivity index (χ4n) is 2.38. The molecule has 2 N–H and O–H groups in total. The van der Waals surface area contributed by atoms with E-state index >= 15 is 0 Å². The molecule has 2 heterocycles. The minimum Gasteiger partial charge on any atom is -0.330 e. The summed E-state index contributed by atoms with van der Waals surface area (Å²) in [6.07, 6.45) is 8.29. The van der Waals surface area contributed by atoms with Gasteiger partial charge in [0.05, 0.1) is 18.2 Å². The van der Waals surface area contributed by atoms with Crippen molar-refractivity contribution in [3.8, 4) is 11.3 Å². The van der Waals surface area contributed by atoms with Crippen LogP contribution < -0.4 is 5.73 Å². The van der Waals surface area contributed by atoms with E-state index in [1.807, 2.05) is 30.9 Å². The Balaban J connectivity index is 1.81. The molecule has 0 aliphatic rings. The molecule has 0 fully saturated rings. The lowest BCUT2D eigenvalue weighted by atomic mass is 10.1. The summed E-state index contributed by atoms with van der Waals surface area (Å²) in [6.45, 7) is 1.49. The largest absolute Gasteiger partial charge is 0.330 e. The highest BCUT2D eigenvalue weighted by Gasteiger charge is 2.05. The van der Waals surface area contributed by atoms with Crippen LogP contribution in [0.4, 0.5) is 0 Å². The fourth-order valence-corrected chi connectivity index (χ4v) is 2.38. The van der Waals surface area contributed by atoms with Crippen LogP contribution in [0.5, 0.6) is 0 Å². The zero-order valence-electron chi connectivity index (χ0n) is 11.8. The predicted octanol–water partition coefficient (Wildman–Crippen LogP) is 2.49. The van der Waals surface area contributed by atoms with E-state index in [9.17, 15) is 0 Å². The monoisotopic (exact) mass is 278 g/mol. The number of nitrogens with two attached hydrogens (primary N) is 1. The van der Waals surface area contributed by atoms with Crippen LogP contribution in [0.25, 0.3) is 11.3 Å². The zero-order valence-corrected chi connectivity index (χ0v) is 11.8. The van der Waals surface area contributed by atoms with Crippen LogP contribution in [0, 0.1) is 0 Å². The van der Waals surface area contributed by atoms with Crippen molar-refractivity contribution in [2.24, 2.45) is 5.73 Å². The lowest BCUT2D eigenvalue weighted by Gasteiger charge is -2.09. The Labute approximate surface area is 124 Å². The maximum atomic E-state index is 5.57. The maximum absolute atomic E-state index is 5.57. The van der Waals surface area contributed by atoms with E-state index in [-0.39, 0.29) is 0 Å². The topological polar surface area (TPSA) is 56.7 Å². The van der Waals surface area contributed by atoms with Crippen molar-refractivity contribution in [3.05, 3.63) is 72.4 Å². The second-order valence-electron chi connectivity index (χ2n) is 5.00. The highest BCUT2D eigenvalue weighted by molar-refractivity contribution is 5.57.